The van der Waals surface area contributed by atoms with Crippen molar-refractivity contribution in [3.63, 3.8) is 0 Å². The Morgan fingerprint density at radius 3 is 2.81 bits per heavy atom. The number of aryl methyl sites for hydroxylation is 1. The molecular formula is C16H18FNO2S. The van der Waals surface area contributed by atoms with Gasteiger partial charge in [-0.3, -0.25) is 4.79 Å². The second kappa shape index (κ2) is 5.39. The highest BCUT2D eigenvalue weighted by molar-refractivity contribution is 7.21. The first kappa shape index (κ1) is 14.5. The third-order valence-corrected chi connectivity index (χ3v) is 5.62. The first-order chi connectivity index (χ1) is 10.0. The molecule has 1 fully saturated rings. The van der Waals surface area contributed by atoms with E-state index in [1.165, 1.54) is 23.5 Å². The molecule has 5 heteroatoms. The van der Waals surface area contributed by atoms with Crippen LogP contribution in [0.4, 0.5) is 4.39 Å². The van der Waals surface area contributed by atoms with Gasteiger partial charge in [0.2, 0.25) is 0 Å². The van der Waals surface area contributed by atoms with Crippen LogP contribution in [0.1, 0.15) is 40.9 Å². The molecule has 1 aliphatic rings. The zero-order valence-electron chi connectivity index (χ0n) is 11.9. The van der Waals surface area contributed by atoms with E-state index in [4.69, 9.17) is 0 Å². The minimum atomic E-state index is -0.481. The fraction of sp³-hybridized carbons (Fsp3) is 0.438. The molecule has 1 saturated carbocycles. The van der Waals surface area contributed by atoms with Crippen LogP contribution in [0.15, 0.2) is 18.2 Å². The van der Waals surface area contributed by atoms with Gasteiger partial charge in [0.25, 0.3) is 5.91 Å². The first-order valence-electron chi connectivity index (χ1n) is 7.17. The van der Waals surface area contributed by atoms with Gasteiger partial charge in [0.05, 0.1) is 17.0 Å². The van der Waals surface area contributed by atoms with Gasteiger partial charge in [0, 0.05) is 4.70 Å². The van der Waals surface area contributed by atoms with Gasteiger partial charge in [-0.2, -0.15) is 0 Å². The van der Waals surface area contributed by atoms with Crippen LogP contribution in [-0.2, 0) is 0 Å². The van der Waals surface area contributed by atoms with E-state index in [-0.39, 0.29) is 18.3 Å². The van der Waals surface area contributed by atoms with E-state index >= 15 is 0 Å². The predicted octanol–water partition coefficient (Wildman–Crippen LogP) is 3.38. The lowest BCUT2D eigenvalue weighted by atomic mass is 9.98. The molecule has 21 heavy (non-hydrogen) atoms. The van der Waals surface area contributed by atoms with Crippen molar-refractivity contribution >= 4 is 27.3 Å². The minimum Gasteiger partial charge on any atom is -0.394 e. The van der Waals surface area contributed by atoms with Gasteiger partial charge < -0.3 is 10.4 Å². The summed E-state index contributed by atoms with van der Waals surface area (Å²) in [6.07, 6.45) is 3.68. The zero-order valence-corrected chi connectivity index (χ0v) is 12.7. The number of hydrogen-bond donors (Lipinski definition) is 2. The van der Waals surface area contributed by atoms with Gasteiger partial charge in [-0.1, -0.05) is 12.8 Å². The number of aliphatic hydroxyl groups is 1. The fourth-order valence-electron chi connectivity index (χ4n) is 3.08. The second-order valence-electron chi connectivity index (χ2n) is 5.80. The Hall–Kier alpha value is -1.46. The maximum Gasteiger partial charge on any atom is 0.262 e. The summed E-state index contributed by atoms with van der Waals surface area (Å²) >= 11 is 1.37. The molecule has 1 heterocycles. The van der Waals surface area contributed by atoms with Crippen molar-refractivity contribution in [2.75, 3.05) is 6.61 Å². The maximum absolute atomic E-state index is 13.3. The lowest BCUT2D eigenvalue weighted by molar-refractivity contribution is 0.0842. The van der Waals surface area contributed by atoms with Crippen molar-refractivity contribution < 1.29 is 14.3 Å². The Morgan fingerprint density at radius 2 is 2.14 bits per heavy atom. The molecule has 0 spiro atoms. The van der Waals surface area contributed by atoms with Crippen LogP contribution in [0.3, 0.4) is 0 Å². The molecule has 2 aromatic rings. The standard InChI is InChI=1S/C16H18FNO2S/c1-10-12-8-11(17)4-5-13(12)21-14(10)15(20)18-16(9-19)6-2-3-7-16/h4-5,8,19H,2-3,6-7,9H2,1H3,(H,18,20). The van der Waals surface area contributed by atoms with Crippen LogP contribution in [0.2, 0.25) is 0 Å². The third-order valence-electron chi connectivity index (χ3n) is 4.35. The van der Waals surface area contributed by atoms with Crippen molar-refractivity contribution in [2.24, 2.45) is 0 Å². The van der Waals surface area contributed by atoms with Crippen molar-refractivity contribution in [1.82, 2.24) is 5.32 Å². The fourth-order valence-corrected chi connectivity index (χ4v) is 4.17. The van der Waals surface area contributed by atoms with Crippen molar-refractivity contribution in [3.05, 3.63) is 34.5 Å². The molecule has 3 rings (SSSR count). The number of amides is 1. The number of hydrogen-bond acceptors (Lipinski definition) is 3. The summed E-state index contributed by atoms with van der Waals surface area (Å²) < 4.78 is 14.2. The van der Waals surface area contributed by atoms with Crippen LogP contribution in [0.5, 0.6) is 0 Å². The number of nitrogens with one attached hydrogen (secondary N) is 1. The Balaban J connectivity index is 1.93. The summed E-state index contributed by atoms with van der Waals surface area (Å²) in [5, 5.41) is 13.4. The molecule has 112 valence electrons. The minimum absolute atomic E-state index is 0.0304. The number of carbonyl (C=O) groups excluding carboxylic acids is 1. The molecule has 0 atom stereocenters. The average molecular weight is 307 g/mol. The topological polar surface area (TPSA) is 49.3 Å². The second-order valence-corrected chi connectivity index (χ2v) is 6.85. The molecule has 1 aromatic heterocycles. The molecule has 0 aliphatic heterocycles. The SMILES string of the molecule is Cc1c(C(=O)NC2(CO)CCCC2)sc2ccc(F)cc12. The van der Waals surface area contributed by atoms with Crippen LogP contribution in [0, 0.1) is 12.7 Å². The number of benzene rings is 1. The van der Waals surface area contributed by atoms with E-state index in [1.54, 1.807) is 6.07 Å². The molecule has 0 unspecified atom stereocenters. The molecule has 1 amide bonds. The predicted molar refractivity (Wildman–Crippen MR) is 82.3 cm³/mol. The van der Waals surface area contributed by atoms with E-state index in [9.17, 15) is 14.3 Å². The third kappa shape index (κ3) is 2.56. The molecule has 0 radical (unpaired) electrons. The van der Waals surface area contributed by atoms with Gasteiger partial charge in [0.15, 0.2) is 0 Å². The summed E-state index contributed by atoms with van der Waals surface area (Å²) in [5.41, 5.74) is 0.323. The molecule has 2 N–H and O–H groups in total. The Bertz CT molecular complexity index is 689. The number of carbonyl (C=O) groups is 1. The van der Waals surface area contributed by atoms with E-state index in [1.807, 2.05) is 6.92 Å². The van der Waals surface area contributed by atoms with E-state index in [0.29, 0.717) is 4.88 Å². The Labute approximate surface area is 126 Å². The summed E-state index contributed by atoms with van der Waals surface area (Å²) in [4.78, 5) is 13.1. The van der Waals surface area contributed by atoms with Gasteiger partial charge >= 0.3 is 0 Å². The molecule has 1 aliphatic carbocycles. The maximum atomic E-state index is 13.3. The van der Waals surface area contributed by atoms with E-state index in [0.717, 1.165) is 41.3 Å². The van der Waals surface area contributed by atoms with Crippen LogP contribution < -0.4 is 5.32 Å². The van der Waals surface area contributed by atoms with Crippen molar-refractivity contribution in [2.45, 2.75) is 38.1 Å². The van der Waals surface area contributed by atoms with Crippen LogP contribution >= 0.6 is 11.3 Å². The number of aliphatic hydroxyl groups excluding tert-OH is 1. The summed E-state index contributed by atoms with van der Waals surface area (Å²) in [5.74, 6) is -0.456. The summed E-state index contributed by atoms with van der Waals surface area (Å²) in [6, 6.07) is 4.58. The summed E-state index contributed by atoms with van der Waals surface area (Å²) in [7, 11) is 0. The van der Waals surface area contributed by atoms with Crippen LogP contribution in [-0.4, -0.2) is 23.2 Å². The van der Waals surface area contributed by atoms with Gasteiger partial charge in [0.1, 0.15) is 5.82 Å². The molecule has 0 bridgehead atoms. The zero-order chi connectivity index (χ0) is 15.0. The Morgan fingerprint density at radius 1 is 1.43 bits per heavy atom. The number of rotatable bonds is 3. The van der Waals surface area contributed by atoms with E-state index in [2.05, 4.69) is 5.32 Å². The molecule has 3 nitrogen and oxygen atoms in total. The average Bonchev–Trinajstić information content (AvgIpc) is 3.05. The number of fused-ring (bicyclic) bond motifs is 1. The number of thiophene rings is 1. The van der Waals surface area contributed by atoms with Crippen molar-refractivity contribution in [1.29, 1.82) is 0 Å². The highest BCUT2D eigenvalue weighted by Gasteiger charge is 2.35. The quantitative estimate of drug-likeness (QED) is 0.913. The molecule has 1 aromatic carbocycles. The largest absolute Gasteiger partial charge is 0.394 e. The Kier molecular flexibility index (Phi) is 3.71. The van der Waals surface area contributed by atoms with E-state index < -0.39 is 5.54 Å². The lowest BCUT2D eigenvalue weighted by Gasteiger charge is -2.27. The normalized spacial score (nSPS) is 17.3. The van der Waals surface area contributed by atoms with Gasteiger partial charge in [-0.15, -0.1) is 11.3 Å². The van der Waals surface area contributed by atoms with Crippen LogP contribution in [0.25, 0.3) is 10.1 Å². The van der Waals surface area contributed by atoms with Crippen molar-refractivity contribution in [3.8, 4) is 0 Å². The molecular weight excluding hydrogens is 289 g/mol. The number of halogens is 1. The van der Waals surface area contributed by atoms with Gasteiger partial charge in [-0.05, 0) is 48.9 Å². The lowest BCUT2D eigenvalue weighted by Crippen LogP contribution is -2.49. The van der Waals surface area contributed by atoms with Gasteiger partial charge in [-0.25, -0.2) is 4.39 Å². The smallest absolute Gasteiger partial charge is 0.262 e. The highest BCUT2D eigenvalue weighted by Crippen LogP contribution is 2.33. The summed E-state index contributed by atoms with van der Waals surface area (Å²) in [6.45, 7) is 1.81. The molecule has 0 saturated heterocycles. The monoisotopic (exact) mass is 307 g/mol. The highest BCUT2D eigenvalue weighted by atomic mass is 32.1. The first-order valence-corrected chi connectivity index (χ1v) is 7.98.